The Morgan fingerprint density at radius 1 is 1.03 bits per heavy atom. The van der Waals surface area contributed by atoms with Crippen LogP contribution in [0.25, 0.3) is 17.0 Å². The first-order chi connectivity index (χ1) is 15.7. The van der Waals surface area contributed by atoms with Crippen LogP contribution in [0.5, 0.6) is 5.75 Å². The maximum absolute atomic E-state index is 11.8. The highest BCUT2D eigenvalue weighted by Gasteiger charge is 2.07. The molecule has 0 spiro atoms. The van der Waals surface area contributed by atoms with Gasteiger partial charge in [-0.25, -0.2) is 0 Å². The highest BCUT2D eigenvalue weighted by Crippen LogP contribution is 2.19. The Hall–Kier alpha value is -3.77. The van der Waals surface area contributed by atoms with Gasteiger partial charge in [0.1, 0.15) is 12.4 Å². The van der Waals surface area contributed by atoms with Gasteiger partial charge in [-0.1, -0.05) is 18.2 Å². The van der Waals surface area contributed by atoms with Gasteiger partial charge in [-0.3, -0.25) is 19.7 Å². The summed E-state index contributed by atoms with van der Waals surface area (Å²) in [6.45, 7) is 2.90. The van der Waals surface area contributed by atoms with Gasteiger partial charge in [-0.2, -0.15) is 0 Å². The molecule has 0 aliphatic heterocycles. The second-order valence-electron chi connectivity index (χ2n) is 7.58. The molecule has 3 aromatic heterocycles. The molecule has 0 fully saturated rings. The molecule has 4 aromatic rings. The second kappa shape index (κ2) is 10.5. The molecule has 6 nitrogen and oxygen atoms in total. The SMILES string of the molecule is Cn1c(=O)ccc2cc(OCCN(C/C=C/c3ccncc3)Cc3cccnc3)ccc21. The summed E-state index contributed by atoms with van der Waals surface area (Å²) in [4.78, 5) is 22.4. The molecule has 4 rings (SSSR count). The predicted octanol–water partition coefficient (Wildman–Crippen LogP) is 3.92. The van der Waals surface area contributed by atoms with E-state index < -0.39 is 0 Å². The number of aromatic nitrogens is 3. The first kappa shape index (κ1) is 21.5. The monoisotopic (exact) mass is 426 g/mol. The molecule has 0 aliphatic rings. The standard InChI is InChI=1S/C26H26N4O2/c1-29-25-8-7-24(18-23(25)6-9-26(29)31)32-17-16-30(20-22-4-2-12-28-19-22)15-3-5-21-10-13-27-14-11-21/h2-14,18-19H,15-17,20H2,1H3/b5-3+. The van der Waals surface area contributed by atoms with E-state index >= 15 is 0 Å². The van der Waals surface area contributed by atoms with Gasteiger partial charge in [-0.05, 0) is 53.6 Å². The normalized spacial score (nSPS) is 11.4. The van der Waals surface area contributed by atoms with E-state index in [4.69, 9.17) is 4.74 Å². The molecule has 1 aromatic carbocycles. The van der Waals surface area contributed by atoms with Crippen LogP contribution in [0.1, 0.15) is 11.1 Å². The van der Waals surface area contributed by atoms with Crippen molar-refractivity contribution in [2.75, 3.05) is 19.7 Å². The van der Waals surface area contributed by atoms with Gasteiger partial charge in [0.25, 0.3) is 5.56 Å². The zero-order valence-corrected chi connectivity index (χ0v) is 18.1. The van der Waals surface area contributed by atoms with Crippen LogP contribution in [0.15, 0.2) is 90.3 Å². The Kier molecular flexibility index (Phi) is 7.05. The third-order valence-electron chi connectivity index (χ3n) is 5.28. The molecule has 162 valence electrons. The summed E-state index contributed by atoms with van der Waals surface area (Å²) < 4.78 is 7.68. The van der Waals surface area contributed by atoms with Crippen LogP contribution in [0.2, 0.25) is 0 Å². The predicted molar refractivity (Wildman–Crippen MR) is 127 cm³/mol. The highest BCUT2D eigenvalue weighted by molar-refractivity contribution is 5.80. The van der Waals surface area contributed by atoms with E-state index in [9.17, 15) is 4.79 Å². The maximum atomic E-state index is 11.8. The third-order valence-corrected chi connectivity index (χ3v) is 5.28. The number of ether oxygens (including phenoxy) is 1. The van der Waals surface area contributed by atoms with E-state index in [1.807, 2.05) is 48.7 Å². The number of hydrogen-bond donors (Lipinski definition) is 0. The Bertz CT molecular complexity index is 1240. The molecule has 0 bridgehead atoms. The van der Waals surface area contributed by atoms with E-state index in [0.717, 1.165) is 47.4 Å². The van der Waals surface area contributed by atoms with Crippen LogP contribution in [0, 0.1) is 0 Å². The van der Waals surface area contributed by atoms with E-state index in [2.05, 4.69) is 33.1 Å². The molecule has 0 N–H and O–H groups in total. The molecule has 0 aliphatic carbocycles. The summed E-state index contributed by atoms with van der Waals surface area (Å²) in [5.41, 5.74) is 3.17. The topological polar surface area (TPSA) is 60.2 Å². The smallest absolute Gasteiger partial charge is 0.250 e. The van der Waals surface area contributed by atoms with Crippen molar-refractivity contribution in [1.82, 2.24) is 19.4 Å². The lowest BCUT2D eigenvalue weighted by molar-refractivity contribution is 0.217. The average Bonchev–Trinajstić information content (AvgIpc) is 2.83. The molecule has 0 saturated carbocycles. The number of rotatable bonds is 9. The van der Waals surface area contributed by atoms with Crippen molar-refractivity contribution in [2.24, 2.45) is 7.05 Å². The fourth-order valence-corrected chi connectivity index (χ4v) is 3.54. The number of pyridine rings is 3. The molecular formula is C26H26N4O2. The minimum absolute atomic E-state index is 0.0166. The highest BCUT2D eigenvalue weighted by atomic mass is 16.5. The van der Waals surface area contributed by atoms with Gasteiger partial charge in [0.2, 0.25) is 0 Å². The Morgan fingerprint density at radius 3 is 2.72 bits per heavy atom. The van der Waals surface area contributed by atoms with Gasteiger partial charge in [0.15, 0.2) is 0 Å². The zero-order chi connectivity index (χ0) is 22.2. The lowest BCUT2D eigenvalue weighted by atomic mass is 10.2. The van der Waals surface area contributed by atoms with Gasteiger partial charge < -0.3 is 9.30 Å². The van der Waals surface area contributed by atoms with Crippen LogP contribution >= 0.6 is 0 Å². The molecule has 0 atom stereocenters. The van der Waals surface area contributed by atoms with Gasteiger partial charge >= 0.3 is 0 Å². The molecule has 3 heterocycles. The summed E-state index contributed by atoms with van der Waals surface area (Å²) in [7, 11) is 1.78. The van der Waals surface area contributed by atoms with E-state index in [1.165, 1.54) is 0 Å². The molecule has 0 unspecified atom stereocenters. The Morgan fingerprint density at radius 2 is 1.91 bits per heavy atom. The molecule has 6 heteroatoms. The van der Waals surface area contributed by atoms with Crippen molar-refractivity contribution < 1.29 is 4.74 Å². The zero-order valence-electron chi connectivity index (χ0n) is 18.1. The van der Waals surface area contributed by atoms with Crippen LogP contribution in [0.3, 0.4) is 0 Å². The molecule has 0 radical (unpaired) electrons. The number of benzene rings is 1. The van der Waals surface area contributed by atoms with Crippen molar-refractivity contribution >= 4 is 17.0 Å². The van der Waals surface area contributed by atoms with E-state index in [-0.39, 0.29) is 5.56 Å². The fraction of sp³-hybridized carbons (Fsp3) is 0.192. The molecule has 32 heavy (non-hydrogen) atoms. The fourth-order valence-electron chi connectivity index (χ4n) is 3.54. The molecule has 0 amide bonds. The van der Waals surface area contributed by atoms with E-state index in [1.54, 1.807) is 36.3 Å². The number of nitrogens with zero attached hydrogens (tertiary/aromatic N) is 4. The van der Waals surface area contributed by atoms with Crippen molar-refractivity contribution in [3.05, 3.63) is 107 Å². The lowest BCUT2D eigenvalue weighted by Crippen LogP contribution is -2.28. The van der Waals surface area contributed by atoms with Crippen LogP contribution < -0.4 is 10.3 Å². The maximum Gasteiger partial charge on any atom is 0.250 e. The first-order valence-corrected chi connectivity index (χ1v) is 10.6. The summed E-state index contributed by atoms with van der Waals surface area (Å²) in [6.07, 6.45) is 11.5. The van der Waals surface area contributed by atoms with Gasteiger partial charge in [0, 0.05) is 62.9 Å². The molecular weight excluding hydrogens is 400 g/mol. The van der Waals surface area contributed by atoms with Crippen molar-refractivity contribution in [3.63, 3.8) is 0 Å². The van der Waals surface area contributed by atoms with Crippen LogP contribution in [-0.2, 0) is 13.6 Å². The Balaban J connectivity index is 1.40. The number of aryl methyl sites for hydroxylation is 1. The largest absolute Gasteiger partial charge is 0.492 e. The summed E-state index contributed by atoms with van der Waals surface area (Å²) in [6, 6.07) is 17.2. The number of hydrogen-bond acceptors (Lipinski definition) is 5. The average molecular weight is 427 g/mol. The second-order valence-corrected chi connectivity index (χ2v) is 7.58. The number of fused-ring (bicyclic) bond motifs is 1. The third kappa shape index (κ3) is 5.68. The summed E-state index contributed by atoms with van der Waals surface area (Å²) >= 11 is 0. The minimum Gasteiger partial charge on any atom is -0.492 e. The van der Waals surface area contributed by atoms with Crippen LogP contribution in [0.4, 0.5) is 0 Å². The van der Waals surface area contributed by atoms with Gasteiger partial charge in [0.05, 0.1) is 5.52 Å². The van der Waals surface area contributed by atoms with Crippen LogP contribution in [-0.4, -0.2) is 39.1 Å². The van der Waals surface area contributed by atoms with Crippen molar-refractivity contribution in [3.8, 4) is 5.75 Å². The van der Waals surface area contributed by atoms with Crippen molar-refractivity contribution in [2.45, 2.75) is 6.54 Å². The van der Waals surface area contributed by atoms with Crippen molar-refractivity contribution in [1.29, 1.82) is 0 Å². The Labute approximate surface area is 187 Å². The lowest BCUT2D eigenvalue weighted by Gasteiger charge is -2.21. The quantitative estimate of drug-likeness (QED) is 0.406. The minimum atomic E-state index is -0.0166. The van der Waals surface area contributed by atoms with E-state index in [0.29, 0.717) is 6.61 Å². The summed E-state index contributed by atoms with van der Waals surface area (Å²) in [5.74, 6) is 0.796. The first-order valence-electron chi connectivity index (χ1n) is 10.6. The summed E-state index contributed by atoms with van der Waals surface area (Å²) in [5, 5.41) is 0.983. The molecule has 0 saturated heterocycles. The van der Waals surface area contributed by atoms with Gasteiger partial charge in [-0.15, -0.1) is 0 Å².